The van der Waals surface area contributed by atoms with Crippen LogP contribution < -0.4 is 10.3 Å². The number of nitrogens with zero attached hydrogens (tertiary/aromatic N) is 2. The quantitative estimate of drug-likeness (QED) is 0.890. The van der Waals surface area contributed by atoms with Gasteiger partial charge in [-0.1, -0.05) is 0 Å². The number of fused-ring (bicyclic) bond motifs is 1. The fourth-order valence-electron chi connectivity index (χ4n) is 3.52. The van der Waals surface area contributed by atoms with Crippen molar-refractivity contribution in [3.63, 3.8) is 0 Å². The maximum atomic E-state index is 14.7. The monoisotopic (exact) mass is 346 g/mol. The largest absolute Gasteiger partial charge is 0.477 e. The molecule has 4 rings (SSSR count). The number of carbonyl (C=O) groups is 1. The standard InChI is InChI=1S/C18H19FN2O4/c1-9-18(2,25)8-21(9)15-6-14-11(5-13(15)19)16(22)12(17(23)24)7-20(14)10-3-4-10/h5-7,9-10,25H,3-4,8H2,1-2H3,(H,23,24)/t9-,18+/m0/s1. The number of carboxylic acid groups (broad SMARTS) is 1. The highest BCUT2D eigenvalue weighted by atomic mass is 19.1. The zero-order valence-corrected chi connectivity index (χ0v) is 14.0. The third kappa shape index (κ3) is 2.33. The fraction of sp³-hybridized carbons (Fsp3) is 0.444. The van der Waals surface area contributed by atoms with E-state index in [0.29, 0.717) is 17.7 Å². The maximum Gasteiger partial charge on any atom is 0.341 e. The van der Waals surface area contributed by atoms with Crippen molar-refractivity contribution in [1.82, 2.24) is 4.57 Å². The highest BCUT2D eigenvalue weighted by molar-refractivity contribution is 5.93. The summed E-state index contributed by atoms with van der Waals surface area (Å²) in [7, 11) is 0. The number of aromatic nitrogens is 1. The van der Waals surface area contributed by atoms with Gasteiger partial charge >= 0.3 is 5.97 Å². The molecular weight excluding hydrogens is 327 g/mol. The van der Waals surface area contributed by atoms with E-state index in [-0.39, 0.29) is 23.0 Å². The Hall–Kier alpha value is -2.41. The Morgan fingerprint density at radius 3 is 2.56 bits per heavy atom. The predicted octanol–water partition coefficient (Wildman–Crippen LogP) is 2.13. The van der Waals surface area contributed by atoms with E-state index < -0.39 is 22.8 Å². The SMILES string of the molecule is C[C@@H]1N(c2cc3c(cc2F)c(=O)c(C(=O)O)cn3C2CC2)C[C@@]1(C)O. The van der Waals surface area contributed by atoms with Crippen LogP contribution in [0.3, 0.4) is 0 Å². The highest BCUT2D eigenvalue weighted by Crippen LogP contribution is 2.40. The summed E-state index contributed by atoms with van der Waals surface area (Å²) >= 11 is 0. The second kappa shape index (κ2) is 5.05. The van der Waals surface area contributed by atoms with Crippen LogP contribution in [0.5, 0.6) is 0 Å². The first-order valence-corrected chi connectivity index (χ1v) is 8.31. The summed E-state index contributed by atoms with van der Waals surface area (Å²) in [5.41, 5.74) is -1.04. The molecule has 0 unspecified atom stereocenters. The lowest BCUT2D eigenvalue weighted by atomic mass is 9.86. The molecule has 2 aromatic rings. The number of rotatable bonds is 3. The van der Waals surface area contributed by atoms with E-state index in [9.17, 15) is 24.2 Å². The lowest BCUT2D eigenvalue weighted by Crippen LogP contribution is -2.67. The molecule has 1 aliphatic carbocycles. The van der Waals surface area contributed by atoms with Crippen molar-refractivity contribution < 1.29 is 19.4 Å². The maximum absolute atomic E-state index is 14.7. The van der Waals surface area contributed by atoms with Gasteiger partial charge in [0.2, 0.25) is 5.43 Å². The average Bonchev–Trinajstić information content (AvgIpc) is 3.37. The molecule has 1 aromatic carbocycles. The Morgan fingerprint density at radius 2 is 2.04 bits per heavy atom. The van der Waals surface area contributed by atoms with E-state index >= 15 is 0 Å². The number of halogens is 1. The summed E-state index contributed by atoms with van der Waals surface area (Å²) < 4.78 is 16.4. The molecule has 0 amide bonds. The van der Waals surface area contributed by atoms with Gasteiger partial charge in [0.1, 0.15) is 11.4 Å². The van der Waals surface area contributed by atoms with Gasteiger partial charge in [-0.3, -0.25) is 4.79 Å². The zero-order chi connectivity index (χ0) is 18.1. The molecule has 1 aromatic heterocycles. The molecule has 2 atom stereocenters. The Bertz CT molecular complexity index is 962. The predicted molar refractivity (Wildman–Crippen MR) is 90.8 cm³/mol. The van der Waals surface area contributed by atoms with Crippen LogP contribution in [0.1, 0.15) is 43.1 Å². The second-order valence-electron chi connectivity index (χ2n) is 7.30. The van der Waals surface area contributed by atoms with Gasteiger partial charge in [-0.2, -0.15) is 0 Å². The van der Waals surface area contributed by atoms with E-state index in [4.69, 9.17) is 0 Å². The normalized spacial score (nSPS) is 25.9. The van der Waals surface area contributed by atoms with E-state index in [1.807, 2.05) is 6.92 Å². The first kappa shape index (κ1) is 16.1. The third-order valence-electron chi connectivity index (χ3n) is 5.44. The summed E-state index contributed by atoms with van der Waals surface area (Å²) in [6, 6.07) is 2.61. The third-order valence-corrected chi connectivity index (χ3v) is 5.44. The van der Waals surface area contributed by atoms with Crippen LogP contribution >= 0.6 is 0 Å². The van der Waals surface area contributed by atoms with E-state index in [1.54, 1.807) is 22.5 Å². The number of hydrogen-bond donors (Lipinski definition) is 2. The van der Waals surface area contributed by atoms with Crippen LogP contribution in [-0.4, -0.2) is 38.9 Å². The lowest BCUT2D eigenvalue weighted by Gasteiger charge is -2.52. The van der Waals surface area contributed by atoms with Gasteiger partial charge in [0.15, 0.2) is 0 Å². The number of hydrogen-bond acceptors (Lipinski definition) is 4. The Kier molecular flexibility index (Phi) is 3.25. The van der Waals surface area contributed by atoms with Gasteiger partial charge in [-0.25, -0.2) is 9.18 Å². The Balaban J connectivity index is 1.94. The minimum atomic E-state index is -1.31. The zero-order valence-electron chi connectivity index (χ0n) is 14.0. The summed E-state index contributed by atoms with van der Waals surface area (Å²) in [4.78, 5) is 25.5. The molecule has 1 saturated heterocycles. The molecule has 2 aliphatic rings. The number of carboxylic acids is 1. The lowest BCUT2D eigenvalue weighted by molar-refractivity contribution is -0.00827. The van der Waals surface area contributed by atoms with Gasteiger partial charge in [0.25, 0.3) is 0 Å². The van der Waals surface area contributed by atoms with E-state index in [2.05, 4.69) is 0 Å². The first-order valence-electron chi connectivity index (χ1n) is 8.31. The number of aliphatic hydroxyl groups is 1. The minimum Gasteiger partial charge on any atom is -0.477 e. The molecule has 1 saturated carbocycles. The minimum absolute atomic E-state index is 0.0768. The fourth-order valence-corrected chi connectivity index (χ4v) is 3.52. The number of β-amino-alcohol motifs (C(OH)–C–C–N with tert-alkyl or cyclic N) is 1. The smallest absolute Gasteiger partial charge is 0.341 e. The average molecular weight is 346 g/mol. The van der Waals surface area contributed by atoms with Crippen LogP contribution in [-0.2, 0) is 0 Å². The summed E-state index contributed by atoms with van der Waals surface area (Å²) in [6.07, 6.45) is 3.17. The molecule has 0 radical (unpaired) electrons. The van der Waals surface area contributed by atoms with Crippen molar-refractivity contribution in [2.24, 2.45) is 0 Å². The molecule has 2 N–H and O–H groups in total. The van der Waals surface area contributed by atoms with Gasteiger partial charge in [-0.05, 0) is 38.8 Å². The van der Waals surface area contributed by atoms with Crippen LogP contribution in [0, 0.1) is 5.82 Å². The molecule has 0 spiro atoms. The molecule has 132 valence electrons. The summed E-state index contributed by atoms with van der Waals surface area (Å²) in [5, 5.41) is 19.5. The van der Waals surface area contributed by atoms with Crippen molar-refractivity contribution >= 4 is 22.6 Å². The molecule has 1 aliphatic heterocycles. The molecular formula is C18H19FN2O4. The topological polar surface area (TPSA) is 82.8 Å². The number of pyridine rings is 1. The molecule has 6 nitrogen and oxygen atoms in total. The molecule has 2 heterocycles. The van der Waals surface area contributed by atoms with Gasteiger partial charge in [-0.15, -0.1) is 0 Å². The van der Waals surface area contributed by atoms with E-state index in [0.717, 1.165) is 18.9 Å². The van der Waals surface area contributed by atoms with Crippen molar-refractivity contribution in [3.8, 4) is 0 Å². The number of anilines is 1. The molecule has 25 heavy (non-hydrogen) atoms. The van der Waals surface area contributed by atoms with Gasteiger partial charge in [0.05, 0.1) is 22.8 Å². The first-order chi connectivity index (χ1) is 11.7. The van der Waals surface area contributed by atoms with Gasteiger partial charge in [0, 0.05) is 24.2 Å². The van der Waals surface area contributed by atoms with E-state index in [1.165, 1.54) is 6.20 Å². The Morgan fingerprint density at radius 1 is 1.36 bits per heavy atom. The summed E-state index contributed by atoms with van der Waals surface area (Å²) in [6.45, 7) is 3.82. The van der Waals surface area contributed by atoms with Crippen LogP contribution in [0.25, 0.3) is 10.9 Å². The Labute approximate surface area is 143 Å². The van der Waals surface area contributed by atoms with Crippen LogP contribution in [0.4, 0.5) is 10.1 Å². The number of benzene rings is 1. The van der Waals surface area contributed by atoms with Crippen molar-refractivity contribution in [3.05, 3.63) is 39.9 Å². The van der Waals surface area contributed by atoms with Crippen molar-refractivity contribution in [2.75, 3.05) is 11.4 Å². The van der Waals surface area contributed by atoms with Gasteiger partial charge < -0.3 is 19.7 Å². The van der Waals surface area contributed by atoms with Crippen molar-refractivity contribution in [1.29, 1.82) is 0 Å². The van der Waals surface area contributed by atoms with Crippen molar-refractivity contribution in [2.45, 2.75) is 44.4 Å². The molecule has 2 fully saturated rings. The second-order valence-corrected chi connectivity index (χ2v) is 7.30. The highest BCUT2D eigenvalue weighted by Gasteiger charge is 2.45. The van der Waals surface area contributed by atoms with Crippen LogP contribution in [0.15, 0.2) is 23.1 Å². The molecule has 7 heteroatoms. The molecule has 0 bridgehead atoms. The number of aromatic carboxylic acids is 1. The summed E-state index contributed by atoms with van der Waals surface area (Å²) in [5.74, 6) is -1.89. The van der Waals surface area contributed by atoms with Crippen LogP contribution in [0.2, 0.25) is 0 Å².